The largest absolute Gasteiger partial charge is 0.504 e. The van der Waals surface area contributed by atoms with Crippen molar-refractivity contribution in [2.45, 2.75) is 4.90 Å². The Balaban J connectivity index is 1.90. The van der Waals surface area contributed by atoms with Gasteiger partial charge in [0.15, 0.2) is 11.5 Å². The number of sulfonamides is 1. The molecule has 1 aliphatic rings. The van der Waals surface area contributed by atoms with Crippen LogP contribution >= 0.6 is 11.3 Å². The molecule has 3 aromatic rings. The number of hydrogen-bond donors (Lipinski definition) is 2. The number of likely N-dealkylation sites (N-methyl/N-ethyl adjacent to an activating group) is 1. The fourth-order valence-corrected chi connectivity index (χ4v) is 5.74. The minimum absolute atomic E-state index is 0.00520. The van der Waals surface area contributed by atoms with E-state index >= 15 is 0 Å². The number of carbonyl (C=O) groups is 1. The SMILES string of the molecule is CN1C(C(=O)Nc2ncccn2)=C(O)c2sc3ccccc3c2S1(=O)=O. The van der Waals surface area contributed by atoms with E-state index in [4.69, 9.17) is 0 Å². The highest BCUT2D eigenvalue weighted by Crippen LogP contribution is 2.44. The molecule has 0 saturated heterocycles. The summed E-state index contributed by atoms with van der Waals surface area (Å²) in [5.74, 6) is -1.21. The van der Waals surface area contributed by atoms with Crippen molar-refractivity contribution in [3.63, 3.8) is 0 Å². The predicted octanol–water partition coefficient (Wildman–Crippen LogP) is 2.19. The molecule has 0 unspecified atom stereocenters. The van der Waals surface area contributed by atoms with E-state index in [1.54, 1.807) is 30.3 Å². The molecule has 0 fully saturated rings. The van der Waals surface area contributed by atoms with Crippen LogP contribution < -0.4 is 5.32 Å². The Morgan fingerprint density at radius 1 is 1.19 bits per heavy atom. The minimum Gasteiger partial charge on any atom is -0.504 e. The number of aliphatic hydroxyl groups is 1. The quantitative estimate of drug-likeness (QED) is 0.696. The Morgan fingerprint density at radius 2 is 1.88 bits per heavy atom. The van der Waals surface area contributed by atoms with Crippen molar-refractivity contribution in [3.8, 4) is 0 Å². The molecule has 1 amide bonds. The molecule has 0 atom stereocenters. The topological polar surface area (TPSA) is 112 Å². The first-order valence-electron chi connectivity index (χ1n) is 7.43. The summed E-state index contributed by atoms with van der Waals surface area (Å²) in [5.41, 5.74) is -0.378. The normalized spacial score (nSPS) is 15.8. The third-order valence-corrected chi connectivity index (χ3v) is 7.08. The third kappa shape index (κ3) is 2.34. The number of nitrogens with zero attached hydrogens (tertiary/aromatic N) is 3. The number of aromatic nitrogens is 2. The summed E-state index contributed by atoms with van der Waals surface area (Å²) in [4.78, 5) is 20.5. The summed E-state index contributed by atoms with van der Waals surface area (Å²) in [5, 5.41) is 13.6. The van der Waals surface area contributed by atoms with E-state index < -0.39 is 21.7 Å². The highest BCUT2D eigenvalue weighted by atomic mass is 32.2. The van der Waals surface area contributed by atoms with Gasteiger partial charge in [-0.3, -0.25) is 14.4 Å². The molecule has 3 heterocycles. The number of amides is 1. The molecule has 1 aromatic carbocycles. The van der Waals surface area contributed by atoms with Gasteiger partial charge in [-0.25, -0.2) is 18.4 Å². The van der Waals surface area contributed by atoms with Crippen molar-refractivity contribution < 1.29 is 18.3 Å². The van der Waals surface area contributed by atoms with Gasteiger partial charge in [0.05, 0.1) is 4.88 Å². The molecule has 0 saturated carbocycles. The van der Waals surface area contributed by atoms with E-state index in [-0.39, 0.29) is 21.4 Å². The number of nitrogens with one attached hydrogen (secondary N) is 1. The van der Waals surface area contributed by atoms with Crippen LogP contribution in [0, 0.1) is 0 Å². The summed E-state index contributed by atoms with van der Waals surface area (Å²) < 4.78 is 27.4. The van der Waals surface area contributed by atoms with Crippen molar-refractivity contribution in [2.24, 2.45) is 0 Å². The zero-order valence-electron chi connectivity index (χ0n) is 13.4. The van der Waals surface area contributed by atoms with Crippen molar-refractivity contribution in [1.29, 1.82) is 0 Å². The number of thiophene rings is 1. The molecule has 2 aromatic heterocycles. The second-order valence-corrected chi connectivity index (χ2v) is 8.41. The smallest absolute Gasteiger partial charge is 0.279 e. The number of hydrogen-bond acceptors (Lipinski definition) is 7. The lowest BCUT2D eigenvalue weighted by Crippen LogP contribution is -2.37. The summed E-state index contributed by atoms with van der Waals surface area (Å²) >= 11 is 1.11. The van der Waals surface area contributed by atoms with E-state index in [0.29, 0.717) is 10.1 Å². The van der Waals surface area contributed by atoms with Gasteiger partial charge >= 0.3 is 0 Å². The lowest BCUT2D eigenvalue weighted by atomic mass is 10.2. The van der Waals surface area contributed by atoms with Crippen molar-refractivity contribution in [1.82, 2.24) is 14.3 Å². The van der Waals surface area contributed by atoms with Crippen LogP contribution in [0.3, 0.4) is 0 Å². The zero-order chi connectivity index (χ0) is 18.5. The molecule has 2 N–H and O–H groups in total. The Kier molecular flexibility index (Phi) is 3.67. The lowest BCUT2D eigenvalue weighted by Gasteiger charge is -2.26. The van der Waals surface area contributed by atoms with Crippen LogP contribution in [-0.4, -0.2) is 40.8 Å². The van der Waals surface area contributed by atoms with E-state index in [0.717, 1.165) is 15.6 Å². The van der Waals surface area contributed by atoms with Gasteiger partial charge in [0, 0.05) is 29.5 Å². The monoisotopic (exact) mass is 388 g/mol. The maximum Gasteiger partial charge on any atom is 0.279 e. The van der Waals surface area contributed by atoms with E-state index in [2.05, 4.69) is 15.3 Å². The van der Waals surface area contributed by atoms with Crippen LogP contribution in [0.1, 0.15) is 4.88 Å². The van der Waals surface area contributed by atoms with Gasteiger partial charge in [0.2, 0.25) is 5.95 Å². The predicted molar refractivity (Wildman–Crippen MR) is 97.0 cm³/mol. The number of fused-ring (bicyclic) bond motifs is 3. The molecule has 1 aliphatic heterocycles. The Hall–Kier alpha value is -2.98. The first-order chi connectivity index (χ1) is 12.4. The van der Waals surface area contributed by atoms with Gasteiger partial charge < -0.3 is 5.11 Å². The average molecular weight is 388 g/mol. The van der Waals surface area contributed by atoms with Crippen LogP contribution in [-0.2, 0) is 14.8 Å². The molecule has 10 heteroatoms. The van der Waals surface area contributed by atoms with Crippen LogP contribution in [0.4, 0.5) is 5.95 Å². The van der Waals surface area contributed by atoms with Gasteiger partial charge in [-0.05, 0) is 12.1 Å². The molecule has 0 radical (unpaired) electrons. The molecule has 0 aliphatic carbocycles. The van der Waals surface area contributed by atoms with Crippen molar-refractivity contribution in [3.05, 3.63) is 53.3 Å². The summed E-state index contributed by atoms with van der Waals surface area (Å²) in [6.07, 6.45) is 2.87. The van der Waals surface area contributed by atoms with Gasteiger partial charge in [0.1, 0.15) is 4.90 Å². The first kappa shape index (κ1) is 16.5. The summed E-state index contributed by atoms with van der Waals surface area (Å²) in [7, 11) is -2.78. The molecule has 8 nitrogen and oxygen atoms in total. The maximum absolute atomic E-state index is 13.0. The van der Waals surface area contributed by atoms with E-state index in [1.807, 2.05) is 0 Å². The second kappa shape index (κ2) is 5.78. The van der Waals surface area contributed by atoms with E-state index in [9.17, 15) is 18.3 Å². The van der Waals surface area contributed by atoms with Crippen molar-refractivity contribution in [2.75, 3.05) is 12.4 Å². The van der Waals surface area contributed by atoms with Gasteiger partial charge in [-0.1, -0.05) is 18.2 Å². The van der Waals surface area contributed by atoms with Crippen LogP contribution in [0.5, 0.6) is 0 Å². The molecule has 0 spiro atoms. The summed E-state index contributed by atoms with van der Waals surface area (Å²) in [6.45, 7) is 0. The molecular weight excluding hydrogens is 376 g/mol. The molecule has 132 valence electrons. The zero-order valence-corrected chi connectivity index (χ0v) is 15.0. The molecular formula is C16H12N4O4S2. The van der Waals surface area contributed by atoms with Crippen LogP contribution in [0.2, 0.25) is 0 Å². The number of anilines is 1. The van der Waals surface area contributed by atoms with Crippen LogP contribution in [0.25, 0.3) is 15.8 Å². The average Bonchev–Trinajstić information content (AvgIpc) is 3.02. The standard InChI is InChI=1S/C16H12N4O4S2/c1-20-11(15(22)19-16-17-7-4-8-18-16)12(21)13-14(26(20,23)24)9-5-2-3-6-10(9)25-13/h2-8,21H,1H3,(H,17,18,19,22). The minimum atomic E-state index is -4.00. The second-order valence-electron chi connectivity index (χ2n) is 5.45. The number of rotatable bonds is 2. The first-order valence-corrected chi connectivity index (χ1v) is 9.69. The molecule has 26 heavy (non-hydrogen) atoms. The van der Waals surface area contributed by atoms with Gasteiger partial charge in [-0.15, -0.1) is 11.3 Å². The highest BCUT2D eigenvalue weighted by Gasteiger charge is 2.40. The maximum atomic E-state index is 13.0. The third-order valence-electron chi connectivity index (χ3n) is 3.93. The van der Waals surface area contributed by atoms with Crippen LogP contribution in [0.15, 0.2) is 53.3 Å². The Labute approximate surface area is 152 Å². The fraction of sp³-hybridized carbons (Fsp3) is 0.0625. The number of aliphatic hydroxyl groups excluding tert-OH is 1. The summed E-state index contributed by atoms with van der Waals surface area (Å²) in [6, 6.07) is 8.51. The van der Waals surface area contributed by atoms with E-state index in [1.165, 1.54) is 19.4 Å². The highest BCUT2D eigenvalue weighted by molar-refractivity contribution is 7.89. The Bertz CT molecular complexity index is 1170. The van der Waals surface area contributed by atoms with Gasteiger partial charge in [-0.2, -0.15) is 0 Å². The number of carbonyl (C=O) groups excluding carboxylic acids is 1. The fourth-order valence-electron chi connectivity index (χ4n) is 2.72. The number of benzene rings is 1. The molecule has 0 bridgehead atoms. The van der Waals surface area contributed by atoms with Crippen molar-refractivity contribution >= 4 is 49.1 Å². The molecule has 4 rings (SSSR count). The Morgan fingerprint density at radius 3 is 2.62 bits per heavy atom. The van der Waals surface area contributed by atoms with Gasteiger partial charge in [0.25, 0.3) is 15.9 Å². The lowest BCUT2D eigenvalue weighted by molar-refractivity contribution is -0.113.